The lowest BCUT2D eigenvalue weighted by atomic mass is 9.49. The summed E-state index contributed by atoms with van der Waals surface area (Å²) in [6.07, 6.45) is 6.72. The average molecular weight is 420 g/mol. The van der Waals surface area contributed by atoms with Gasteiger partial charge in [0.2, 0.25) is 5.91 Å². The minimum atomic E-state index is -0.130. The number of nitrogens with one attached hydrogen (secondary N) is 2. The largest absolute Gasteiger partial charge is 0.394 e. The lowest BCUT2D eigenvalue weighted by molar-refractivity contribution is -0.137. The Bertz CT molecular complexity index is 740. The molecule has 1 atom stereocenters. The summed E-state index contributed by atoms with van der Waals surface area (Å²) >= 11 is 5.87. The van der Waals surface area contributed by atoms with Crippen molar-refractivity contribution in [3.63, 3.8) is 0 Å². The topological polar surface area (TPSA) is 81.7 Å². The summed E-state index contributed by atoms with van der Waals surface area (Å²) in [5, 5.41) is 16.0. The average Bonchev–Trinajstić information content (AvgIpc) is 3.13. The SMILES string of the molecule is O=C(NCc1ccc(Cl)cc1)NC1CC2(CC(CC(=O)N3CCCC3CO)C2)C1. The molecule has 1 heterocycles. The zero-order valence-electron chi connectivity index (χ0n) is 16.7. The van der Waals surface area contributed by atoms with E-state index in [-0.39, 0.29) is 30.6 Å². The Morgan fingerprint density at radius 3 is 2.59 bits per heavy atom. The molecule has 4 rings (SSSR count). The van der Waals surface area contributed by atoms with Crippen LogP contribution < -0.4 is 10.6 Å². The second-order valence-corrected chi connectivity index (χ2v) is 9.54. The van der Waals surface area contributed by atoms with E-state index >= 15 is 0 Å². The molecule has 1 unspecified atom stereocenters. The number of rotatable bonds is 6. The van der Waals surface area contributed by atoms with E-state index < -0.39 is 0 Å². The number of aliphatic hydroxyl groups excluding tert-OH is 1. The van der Waals surface area contributed by atoms with Crippen LogP contribution in [0.5, 0.6) is 0 Å². The molecule has 1 aromatic rings. The Hall–Kier alpha value is -1.79. The number of carbonyl (C=O) groups is 2. The van der Waals surface area contributed by atoms with Gasteiger partial charge < -0.3 is 20.6 Å². The van der Waals surface area contributed by atoms with Crippen LogP contribution in [0.3, 0.4) is 0 Å². The van der Waals surface area contributed by atoms with E-state index in [0.29, 0.717) is 29.3 Å². The first-order valence-corrected chi connectivity index (χ1v) is 11.0. The first-order valence-electron chi connectivity index (χ1n) is 10.7. The second kappa shape index (κ2) is 8.52. The Morgan fingerprint density at radius 2 is 1.90 bits per heavy atom. The minimum absolute atomic E-state index is 0.0280. The number of aliphatic hydroxyl groups is 1. The molecule has 0 bridgehead atoms. The Kier molecular flexibility index (Phi) is 6.02. The van der Waals surface area contributed by atoms with E-state index in [1.807, 2.05) is 29.2 Å². The van der Waals surface area contributed by atoms with Gasteiger partial charge in [-0.15, -0.1) is 0 Å². The van der Waals surface area contributed by atoms with Gasteiger partial charge in [0.05, 0.1) is 12.6 Å². The number of nitrogens with zero attached hydrogens (tertiary/aromatic N) is 1. The van der Waals surface area contributed by atoms with Crippen molar-refractivity contribution in [2.75, 3.05) is 13.2 Å². The number of urea groups is 1. The lowest BCUT2D eigenvalue weighted by Crippen LogP contribution is -2.58. The highest BCUT2D eigenvalue weighted by atomic mass is 35.5. The van der Waals surface area contributed by atoms with Crippen LogP contribution in [-0.2, 0) is 11.3 Å². The van der Waals surface area contributed by atoms with E-state index in [9.17, 15) is 14.7 Å². The summed E-state index contributed by atoms with van der Waals surface area (Å²) < 4.78 is 0. The van der Waals surface area contributed by atoms with Crippen LogP contribution in [0.15, 0.2) is 24.3 Å². The maximum Gasteiger partial charge on any atom is 0.315 e. The maximum atomic E-state index is 12.5. The summed E-state index contributed by atoms with van der Waals surface area (Å²) in [6, 6.07) is 7.57. The van der Waals surface area contributed by atoms with Crippen molar-refractivity contribution < 1.29 is 14.7 Å². The predicted octanol–water partition coefficient (Wildman–Crippen LogP) is 3.07. The molecule has 7 heteroatoms. The van der Waals surface area contributed by atoms with Crippen LogP contribution in [0.25, 0.3) is 0 Å². The van der Waals surface area contributed by atoms with Gasteiger partial charge in [0, 0.05) is 30.6 Å². The summed E-state index contributed by atoms with van der Waals surface area (Å²) in [4.78, 5) is 26.5. The van der Waals surface area contributed by atoms with Gasteiger partial charge in [0.25, 0.3) is 0 Å². The van der Waals surface area contributed by atoms with Crippen molar-refractivity contribution in [3.8, 4) is 0 Å². The highest BCUT2D eigenvalue weighted by Crippen LogP contribution is 2.59. The van der Waals surface area contributed by atoms with E-state index in [2.05, 4.69) is 10.6 Å². The molecule has 1 aromatic carbocycles. The molecule has 158 valence electrons. The number of amides is 3. The van der Waals surface area contributed by atoms with E-state index in [1.165, 1.54) is 0 Å². The van der Waals surface area contributed by atoms with Crippen LogP contribution >= 0.6 is 11.6 Å². The number of hydrogen-bond donors (Lipinski definition) is 3. The number of benzene rings is 1. The fraction of sp³-hybridized carbons (Fsp3) is 0.636. The molecule has 0 radical (unpaired) electrons. The fourth-order valence-electron chi connectivity index (χ4n) is 5.47. The first-order chi connectivity index (χ1) is 14.0. The second-order valence-electron chi connectivity index (χ2n) is 9.10. The van der Waals surface area contributed by atoms with Crippen LogP contribution in [0.1, 0.15) is 50.5 Å². The molecule has 1 aliphatic heterocycles. The lowest BCUT2D eigenvalue weighted by Gasteiger charge is -2.58. The molecule has 29 heavy (non-hydrogen) atoms. The molecule has 3 N–H and O–H groups in total. The minimum Gasteiger partial charge on any atom is -0.394 e. The van der Waals surface area contributed by atoms with Crippen LogP contribution in [-0.4, -0.2) is 47.2 Å². The number of carbonyl (C=O) groups excluding carboxylic acids is 2. The highest BCUT2D eigenvalue weighted by Gasteiger charge is 2.53. The third-order valence-corrected chi connectivity index (χ3v) is 7.13. The van der Waals surface area contributed by atoms with Gasteiger partial charge in [-0.1, -0.05) is 23.7 Å². The Balaban J connectivity index is 1.12. The number of hydrogen-bond acceptors (Lipinski definition) is 3. The van der Waals surface area contributed by atoms with Gasteiger partial charge in [-0.2, -0.15) is 0 Å². The zero-order valence-corrected chi connectivity index (χ0v) is 17.5. The van der Waals surface area contributed by atoms with Gasteiger partial charge in [-0.25, -0.2) is 4.79 Å². The predicted molar refractivity (Wildman–Crippen MR) is 111 cm³/mol. The van der Waals surface area contributed by atoms with Gasteiger partial charge in [0.1, 0.15) is 0 Å². The monoisotopic (exact) mass is 419 g/mol. The molecule has 3 aliphatic rings. The zero-order chi connectivity index (χ0) is 20.4. The molecule has 6 nitrogen and oxygen atoms in total. The third-order valence-electron chi connectivity index (χ3n) is 6.88. The van der Waals surface area contributed by atoms with Crippen molar-refractivity contribution in [1.82, 2.24) is 15.5 Å². The first kappa shape index (κ1) is 20.5. The molecule has 0 aromatic heterocycles. The molecule has 2 saturated carbocycles. The summed E-state index contributed by atoms with van der Waals surface area (Å²) in [5.74, 6) is 0.666. The third kappa shape index (κ3) is 4.69. The number of likely N-dealkylation sites (tertiary alicyclic amines) is 1. The van der Waals surface area contributed by atoms with Gasteiger partial charge >= 0.3 is 6.03 Å². The molecular weight excluding hydrogens is 390 g/mol. The van der Waals surface area contributed by atoms with Gasteiger partial charge in [-0.3, -0.25) is 4.79 Å². The summed E-state index contributed by atoms with van der Waals surface area (Å²) in [5.41, 5.74) is 1.35. The molecule has 3 amide bonds. The summed E-state index contributed by atoms with van der Waals surface area (Å²) in [7, 11) is 0. The van der Waals surface area contributed by atoms with Gasteiger partial charge in [0.15, 0.2) is 0 Å². The van der Waals surface area contributed by atoms with Crippen molar-refractivity contribution in [3.05, 3.63) is 34.9 Å². The van der Waals surface area contributed by atoms with E-state index in [1.54, 1.807) is 0 Å². The van der Waals surface area contributed by atoms with Crippen molar-refractivity contribution in [2.24, 2.45) is 11.3 Å². The maximum absolute atomic E-state index is 12.5. The molecule has 3 fully saturated rings. The molecule has 2 aliphatic carbocycles. The fourth-order valence-corrected chi connectivity index (χ4v) is 5.60. The highest BCUT2D eigenvalue weighted by molar-refractivity contribution is 6.30. The molecule has 1 saturated heterocycles. The Labute approximate surface area is 177 Å². The van der Waals surface area contributed by atoms with Crippen molar-refractivity contribution >= 4 is 23.5 Å². The Morgan fingerprint density at radius 1 is 1.17 bits per heavy atom. The van der Waals surface area contributed by atoms with E-state index in [0.717, 1.165) is 50.6 Å². The smallest absolute Gasteiger partial charge is 0.315 e. The van der Waals surface area contributed by atoms with Gasteiger partial charge in [-0.05, 0) is 67.6 Å². The summed E-state index contributed by atoms with van der Waals surface area (Å²) in [6.45, 7) is 1.35. The van der Waals surface area contributed by atoms with E-state index in [4.69, 9.17) is 11.6 Å². The van der Waals surface area contributed by atoms with Crippen LogP contribution in [0.4, 0.5) is 4.79 Å². The molecular formula is C22H30ClN3O3. The number of halogens is 1. The molecule has 1 spiro atoms. The van der Waals surface area contributed by atoms with Crippen molar-refractivity contribution in [2.45, 2.75) is 63.6 Å². The van der Waals surface area contributed by atoms with Crippen LogP contribution in [0.2, 0.25) is 5.02 Å². The van der Waals surface area contributed by atoms with Crippen molar-refractivity contribution in [1.29, 1.82) is 0 Å². The normalized spacial score (nSPS) is 30.6. The quantitative estimate of drug-likeness (QED) is 0.662. The van der Waals surface area contributed by atoms with Crippen LogP contribution in [0, 0.1) is 11.3 Å². The standard InChI is InChI=1S/C22H30ClN3O3/c23-17-5-3-15(4-6-17)13-24-21(29)25-18-11-22(12-18)9-16(10-22)8-20(28)26-7-1-2-19(26)14-27/h3-6,16,18-19,27H,1-2,7-14H2,(H2,24,25,29).